The maximum atomic E-state index is 12.6. The van der Waals surface area contributed by atoms with Gasteiger partial charge in [-0.05, 0) is 37.1 Å². The number of alkyl halides is 3. The van der Waals surface area contributed by atoms with Crippen molar-refractivity contribution in [3.05, 3.63) is 41.3 Å². The van der Waals surface area contributed by atoms with Crippen LogP contribution in [0.2, 0.25) is 0 Å². The van der Waals surface area contributed by atoms with E-state index in [-0.39, 0.29) is 17.5 Å². The third-order valence-corrected chi connectivity index (χ3v) is 3.44. The second-order valence-corrected chi connectivity index (χ2v) is 5.07. The van der Waals surface area contributed by atoms with Crippen LogP contribution in [0.4, 0.5) is 13.2 Å². The van der Waals surface area contributed by atoms with Gasteiger partial charge in [0.1, 0.15) is 5.76 Å². The maximum Gasteiger partial charge on any atom is 0.416 e. The molecule has 1 fully saturated rings. The average Bonchev–Trinajstić information content (AvgIpc) is 3.24. The molecule has 1 aliphatic carbocycles. The van der Waals surface area contributed by atoms with Gasteiger partial charge < -0.3 is 9.15 Å². The zero-order valence-corrected chi connectivity index (χ0v) is 11.6. The number of benzene rings is 1. The Balaban J connectivity index is 1.96. The van der Waals surface area contributed by atoms with Crippen molar-refractivity contribution in [1.29, 1.82) is 0 Å². The van der Waals surface area contributed by atoms with Crippen LogP contribution in [0.15, 0.2) is 28.7 Å². The predicted molar refractivity (Wildman–Crippen MR) is 70.3 cm³/mol. The molecule has 1 aromatic carbocycles. The summed E-state index contributed by atoms with van der Waals surface area (Å²) in [6.45, 7) is 0. The monoisotopic (exact) mass is 311 g/mol. The Morgan fingerprint density at radius 1 is 1.27 bits per heavy atom. The SMILES string of the molecule is COC(=O)c1nc(-c2ccc(C(F)(F)F)cc2)oc1C1CC1. The first kappa shape index (κ1) is 14.6. The van der Waals surface area contributed by atoms with Gasteiger partial charge in [-0.25, -0.2) is 9.78 Å². The number of oxazole rings is 1. The standard InChI is InChI=1S/C15H12F3NO3/c1-21-14(20)11-12(8-2-3-8)22-13(19-11)9-4-6-10(7-5-9)15(16,17)18/h4-8H,2-3H2,1H3. The summed E-state index contributed by atoms with van der Waals surface area (Å²) in [6.07, 6.45) is -2.61. The minimum Gasteiger partial charge on any atom is -0.464 e. The summed E-state index contributed by atoms with van der Waals surface area (Å²) in [6, 6.07) is 4.45. The molecule has 0 unspecified atom stereocenters. The zero-order valence-electron chi connectivity index (χ0n) is 11.6. The molecular formula is C15H12F3NO3. The number of carbonyl (C=O) groups is 1. The molecule has 0 atom stereocenters. The van der Waals surface area contributed by atoms with E-state index in [1.807, 2.05) is 0 Å². The highest BCUT2D eigenvalue weighted by Gasteiger charge is 2.35. The zero-order chi connectivity index (χ0) is 15.9. The number of halogens is 3. The molecule has 4 nitrogen and oxygen atoms in total. The van der Waals surface area contributed by atoms with Crippen molar-refractivity contribution < 1.29 is 27.1 Å². The number of carbonyl (C=O) groups excluding carboxylic acids is 1. The second-order valence-electron chi connectivity index (χ2n) is 5.07. The summed E-state index contributed by atoms with van der Waals surface area (Å²) in [7, 11) is 1.24. The molecule has 1 heterocycles. The Morgan fingerprint density at radius 2 is 1.91 bits per heavy atom. The highest BCUT2D eigenvalue weighted by atomic mass is 19.4. The lowest BCUT2D eigenvalue weighted by Crippen LogP contribution is -2.04. The molecule has 22 heavy (non-hydrogen) atoms. The molecule has 0 radical (unpaired) electrons. The number of aromatic nitrogens is 1. The van der Waals surface area contributed by atoms with Gasteiger partial charge in [0.25, 0.3) is 0 Å². The van der Waals surface area contributed by atoms with Crippen LogP contribution in [-0.2, 0) is 10.9 Å². The third kappa shape index (κ3) is 2.70. The van der Waals surface area contributed by atoms with Crippen LogP contribution in [0.25, 0.3) is 11.5 Å². The van der Waals surface area contributed by atoms with Gasteiger partial charge in [-0.3, -0.25) is 0 Å². The van der Waals surface area contributed by atoms with Crippen molar-refractivity contribution in [2.45, 2.75) is 24.9 Å². The average molecular weight is 311 g/mol. The van der Waals surface area contributed by atoms with Gasteiger partial charge in [-0.15, -0.1) is 0 Å². The Kier molecular flexibility index (Phi) is 3.42. The highest BCUT2D eigenvalue weighted by Crippen LogP contribution is 2.43. The molecule has 0 spiro atoms. The molecular weight excluding hydrogens is 299 g/mol. The van der Waals surface area contributed by atoms with Crippen molar-refractivity contribution in [3.63, 3.8) is 0 Å². The molecule has 1 aliphatic rings. The molecule has 0 amide bonds. The Labute approximate surface area is 123 Å². The fraction of sp³-hybridized carbons (Fsp3) is 0.333. The van der Waals surface area contributed by atoms with Gasteiger partial charge in [0.2, 0.25) is 5.89 Å². The summed E-state index contributed by atoms with van der Waals surface area (Å²) < 4.78 is 47.9. The summed E-state index contributed by atoms with van der Waals surface area (Å²) in [5.74, 6) is 0.0892. The molecule has 0 aliphatic heterocycles. The molecule has 0 saturated heterocycles. The van der Waals surface area contributed by atoms with Crippen molar-refractivity contribution in [2.24, 2.45) is 0 Å². The van der Waals surface area contributed by atoms with Crippen molar-refractivity contribution in [3.8, 4) is 11.5 Å². The molecule has 116 valence electrons. The molecule has 1 aromatic heterocycles. The number of methoxy groups -OCH3 is 1. The number of ether oxygens (including phenoxy) is 1. The van der Waals surface area contributed by atoms with E-state index in [2.05, 4.69) is 9.72 Å². The van der Waals surface area contributed by atoms with E-state index in [1.54, 1.807) is 0 Å². The van der Waals surface area contributed by atoms with E-state index >= 15 is 0 Å². The molecule has 0 N–H and O–H groups in total. The third-order valence-electron chi connectivity index (χ3n) is 3.44. The Morgan fingerprint density at radius 3 is 2.41 bits per heavy atom. The van der Waals surface area contributed by atoms with E-state index in [4.69, 9.17) is 4.42 Å². The fourth-order valence-corrected chi connectivity index (χ4v) is 2.12. The van der Waals surface area contributed by atoms with Gasteiger partial charge in [0.05, 0.1) is 12.7 Å². The Bertz CT molecular complexity index is 700. The van der Waals surface area contributed by atoms with Gasteiger partial charge >= 0.3 is 12.1 Å². The topological polar surface area (TPSA) is 52.3 Å². The lowest BCUT2D eigenvalue weighted by atomic mass is 10.1. The fourth-order valence-electron chi connectivity index (χ4n) is 2.12. The lowest BCUT2D eigenvalue weighted by Gasteiger charge is -2.06. The predicted octanol–water partition coefficient (Wildman–Crippen LogP) is 4.02. The lowest BCUT2D eigenvalue weighted by molar-refractivity contribution is -0.137. The molecule has 3 rings (SSSR count). The van der Waals surface area contributed by atoms with Crippen LogP contribution in [0, 0.1) is 0 Å². The number of rotatable bonds is 3. The van der Waals surface area contributed by atoms with Gasteiger partial charge in [0, 0.05) is 11.5 Å². The summed E-state index contributed by atoms with van der Waals surface area (Å²) >= 11 is 0. The molecule has 7 heteroatoms. The molecule has 1 saturated carbocycles. The maximum absolute atomic E-state index is 12.6. The Hall–Kier alpha value is -2.31. The summed E-state index contributed by atoms with van der Waals surface area (Å²) in [5.41, 5.74) is -0.275. The molecule has 2 aromatic rings. The van der Waals surface area contributed by atoms with Crippen LogP contribution in [0.1, 0.15) is 40.6 Å². The summed E-state index contributed by atoms with van der Waals surface area (Å²) in [4.78, 5) is 15.8. The normalized spacial score (nSPS) is 14.9. The first-order valence-corrected chi connectivity index (χ1v) is 6.67. The minimum absolute atomic E-state index is 0.0971. The van der Waals surface area contributed by atoms with Gasteiger partial charge in [-0.1, -0.05) is 0 Å². The summed E-state index contributed by atoms with van der Waals surface area (Å²) in [5, 5.41) is 0. The largest absolute Gasteiger partial charge is 0.464 e. The number of hydrogen-bond acceptors (Lipinski definition) is 4. The first-order chi connectivity index (χ1) is 10.4. The number of nitrogens with zero attached hydrogens (tertiary/aromatic N) is 1. The van der Waals surface area contributed by atoms with Crippen molar-refractivity contribution >= 4 is 5.97 Å². The number of esters is 1. The van der Waals surface area contributed by atoms with Gasteiger partial charge in [0.15, 0.2) is 5.69 Å². The van der Waals surface area contributed by atoms with Crippen LogP contribution in [-0.4, -0.2) is 18.1 Å². The minimum atomic E-state index is -4.40. The van der Waals surface area contributed by atoms with E-state index in [0.29, 0.717) is 11.3 Å². The van der Waals surface area contributed by atoms with Crippen LogP contribution >= 0.6 is 0 Å². The number of hydrogen-bond donors (Lipinski definition) is 0. The van der Waals surface area contributed by atoms with E-state index in [0.717, 1.165) is 25.0 Å². The molecule has 0 bridgehead atoms. The smallest absolute Gasteiger partial charge is 0.416 e. The highest BCUT2D eigenvalue weighted by molar-refractivity contribution is 5.89. The van der Waals surface area contributed by atoms with E-state index in [9.17, 15) is 18.0 Å². The first-order valence-electron chi connectivity index (χ1n) is 6.67. The van der Waals surface area contributed by atoms with E-state index in [1.165, 1.54) is 19.2 Å². The van der Waals surface area contributed by atoms with Crippen LogP contribution < -0.4 is 0 Å². The van der Waals surface area contributed by atoms with E-state index < -0.39 is 17.7 Å². The van der Waals surface area contributed by atoms with Crippen molar-refractivity contribution in [2.75, 3.05) is 7.11 Å². The van der Waals surface area contributed by atoms with Crippen molar-refractivity contribution in [1.82, 2.24) is 4.98 Å². The van der Waals surface area contributed by atoms with Crippen LogP contribution in [0.3, 0.4) is 0 Å². The van der Waals surface area contributed by atoms with Crippen LogP contribution in [0.5, 0.6) is 0 Å². The van der Waals surface area contributed by atoms with Gasteiger partial charge in [-0.2, -0.15) is 13.2 Å². The second kappa shape index (κ2) is 5.15. The quantitative estimate of drug-likeness (QED) is 0.803.